The van der Waals surface area contributed by atoms with Crippen LogP contribution in [0.3, 0.4) is 0 Å². The number of fused-ring (bicyclic) bond motifs is 6. The molecule has 1 aliphatic heterocycles. The second-order valence-corrected chi connectivity index (χ2v) is 9.94. The Hall–Kier alpha value is -4.48. The normalized spacial score (nSPS) is 17.3. The summed E-state index contributed by atoms with van der Waals surface area (Å²) in [5.74, 6) is -2.01. The molecule has 7 rings (SSSR count). The second-order valence-electron chi connectivity index (χ2n) is 9.94. The van der Waals surface area contributed by atoms with Crippen LogP contribution in [0.15, 0.2) is 115 Å². The fraction of sp³-hybridized carbons (Fsp3) is 0.0857. The van der Waals surface area contributed by atoms with Crippen LogP contribution in [0.2, 0.25) is 0 Å². The minimum absolute atomic E-state index is 0. The van der Waals surface area contributed by atoms with E-state index in [0.29, 0.717) is 22.6 Å². The molecule has 4 aromatic heterocycles. The van der Waals surface area contributed by atoms with Crippen molar-refractivity contribution in [2.45, 2.75) is 17.8 Å². The van der Waals surface area contributed by atoms with Gasteiger partial charge < -0.3 is 0 Å². The first kappa shape index (κ1) is 27.7. The molecule has 204 valence electrons. The number of hydrogen-bond donors (Lipinski definition) is 0. The zero-order valence-corrected chi connectivity index (χ0v) is 23.8. The smallest absolute Gasteiger partial charge is 0.284 e. The summed E-state index contributed by atoms with van der Waals surface area (Å²) in [5.41, 5.74) is 6.52. The SMILES string of the molecule is Fc1c[c-]c(C2c3cccc(n3)C(c3[c-]ccc(F)c3)c3cccc(n3)C(c3ccccn3)c3cccc2n3)cc1.[Ru+2]. The molecule has 4 nitrogen and oxygen atoms in total. The quantitative estimate of drug-likeness (QED) is 0.155. The van der Waals surface area contributed by atoms with Crippen molar-refractivity contribution < 1.29 is 28.3 Å². The monoisotopic (exact) mass is 638 g/mol. The van der Waals surface area contributed by atoms with E-state index in [1.165, 1.54) is 24.3 Å². The molecule has 0 amide bonds. The van der Waals surface area contributed by atoms with Crippen LogP contribution in [0.1, 0.15) is 68.7 Å². The fourth-order valence-corrected chi connectivity index (χ4v) is 5.53. The predicted octanol–water partition coefficient (Wildman–Crippen LogP) is 7.00. The van der Waals surface area contributed by atoms with E-state index in [-0.39, 0.29) is 37.0 Å². The summed E-state index contributed by atoms with van der Waals surface area (Å²) in [6.45, 7) is 0. The van der Waals surface area contributed by atoms with E-state index >= 15 is 0 Å². The number of aromatic nitrogens is 4. The van der Waals surface area contributed by atoms with E-state index in [2.05, 4.69) is 17.1 Å². The Bertz CT molecular complexity index is 1850. The third kappa shape index (κ3) is 5.28. The molecule has 7 heteroatoms. The van der Waals surface area contributed by atoms with Crippen LogP contribution in [-0.4, -0.2) is 19.9 Å². The zero-order valence-electron chi connectivity index (χ0n) is 22.1. The number of rotatable bonds is 3. The van der Waals surface area contributed by atoms with Crippen LogP contribution in [0, 0.1) is 23.8 Å². The minimum atomic E-state index is -0.487. The number of halogens is 2. The van der Waals surface area contributed by atoms with Gasteiger partial charge in [0, 0.05) is 29.7 Å². The van der Waals surface area contributed by atoms with Gasteiger partial charge in [-0.2, -0.15) is 24.3 Å². The van der Waals surface area contributed by atoms with Crippen LogP contribution in [0.25, 0.3) is 0 Å². The Morgan fingerprint density at radius 3 is 1.55 bits per heavy atom. The van der Waals surface area contributed by atoms with Crippen LogP contribution in [0.5, 0.6) is 0 Å². The molecule has 0 radical (unpaired) electrons. The van der Waals surface area contributed by atoms with Gasteiger partial charge in [0.1, 0.15) is 0 Å². The number of hydrogen-bond acceptors (Lipinski definition) is 4. The fourth-order valence-electron chi connectivity index (χ4n) is 5.53. The molecule has 0 saturated heterocycles. The second kappa shape index (κ2) is 11.8. The molecule has 5 heterocycles. The van der Waals surface area contributed by atoms with Crippen molar-refractivity contribution in [2.75, 3.05) is 0 Å². The number of benzene rings is 2. The standard InChI is InChI=1S/C35H22F2N4.Ru/c36-24-18-16-22(17-19-24)33-27-10-4-12-29(39-27)34(23-7-3-8-25(37)21-23)30-13-6-15-32(41-30)35(26-9-1-2-20-38-26)31-14-5-11-28(33)40-31;/h1-6,8-16,18-21,33-35H;/q-2;+2. The summed E-state index contributed by atoms with van der Waals surface area (Å²) in [7, 11) is 0. The minimum Gasteiger partial charge on any atom is -0.284 e. The van der Waals surface area contributed by atoms with Crippen molar-refractivity contribution in [3.63, 3.8) is 0 Å². The van der Waals surface area contributed by atoms with Crippen LogP contribution in [0.4, 0.5) is 8.78 Å². The van der Waals surface area contributed by atoms with Gasteiger partial charge in [-0.3, -0.25) is 24.3 Å². The van der Waals surface area contributed by atoms with Gasteiger partial charge in [0.2, 0.25) is 0 Å². The summed E-state index contributed by atoms with van der Waals surface area (Å²) >= 11 is 0. The Balaban J connectivity index is 0.00000316. The first-order valence-electron chi connectivity index (χ1n) is 13.3. The van der Waals surface area contributed by atoms with Gasteiger partial charge in [-0.05, 0) is 48.5 Å². The first-order valence-corrected chi connectivity index (χ1v) is 13.3. The van der Waals surface area contributed by atoms with Crippen molar-refractivity contribution in [3.05, 3.63) is 190 Å². The predicted molar refractivity (Wildman–Crippen MR) is 150 cm³/mol. The molecule has 6 aromatic rings. The summed E-state index contributed by atoms with van der Waals surface area (Å²) in [5, 5.41) is 0. The van der Waals surface area contributed by atoms with Crippen molar-refractivity contribution in [3.8, 4) is 0 Å². The van der Waals surface area contributed by atoms with Gasteiger partial charge in [-0.1, -0.05) is 24.3 Å². The van der Waals surface area contributed by atoms with E-state index in [1.54, 1.807) is 18.3 Å². The van der Waals surface area contributed by atoms with E-state index in [4.69, 9.17) is 15.0 Å². The van der Waals surface area contributed by atoms with Gasteiger partial charge in [0.15, 0.2) is 0 Å². The van der Waals surface area contributed by atoms with Gasteiger partial charge in [0.05, 0.1) is 45.8 Å². The summed E-state index contributed by atoms with van der Waals surface area (Å²) < 4.78 is 28.5. The molecule has 2 aromatic carbocycles. The molecule has 0 fully saturated rings. The molecule has 0 spiro atoms. The molecule has 3 atom stereocenters. The average molecular weight is 638 g/mol. The largest absolute Gasteiger partial charge is 2.00 e. The Labute approximate surface area is 255 Å². The number of pyridine rings is 4. The Kier molecular flexibility index (Phi) is 7.77. The molecule has 1 aliphatic rings. The molecular weight excluding hydrogens is 615 g/mol. The molecular formula is C35H22F2N4Ru. The van der Waals surface area contributed by atoms with Crippen LogP contribution < -0.4 is 0 Å². The van der Waals surface area contributed by atoms with Crippen LogP contribution >= 0.6 is 0 Å². The van der Waals surface area contributed by atoms with E-state index in [0.717, 1.165) is 28.3 Å². The van der Waals surface area contributed by atoms with Gasteiger partial charge in [0.25, 0.3) is 0 Å². The molecule has 3 unspecified atom stereocenters. The first-order chi connectivity index (χ1) is 20.1. The van der Waals surface area contributed by atoms with Crippen molar-refractivity contribution in [2.24, 2.45) is 0 Å². The molecule has 0 aliphatic carbocycles. The van der Waals surface area contributed by atoms with Crippen LogP contribution in [-0.2, 0) is 19.5 Å². The van der Waals surface area contributed by atoms with Gasteiger partial charge >= 0.3 is 19.5 Å². The molecule has 6 bridgehead atoms. The Morgan fingerprint density at radius 1 is 0.500 bits per heavy atom. The van der Waals surface area contributed by atoms with Gasteiger partial charge in [-0.15, -0.1) is 35.4 Å². The molecule has 42 heavy (non-hydrogen) atoms. The maximum atomic E-state index is 14.5. The van der Waals surface area contributed by atoms with Gasteiger partial charge in [-0.25, -0.2) is 4.39 Å². The third-order valence-corrected chi connectivity index (χ3v) is 7.34. The van der Waals surface area contributed by atoms with E-state index in [1.807, 2.05) is 72.8 Å². The maximum Gasteiger partial charge on any atom is 2.00 e. The summed E-state index contributed by atoms with van der Waals surface area (Å²) in [4.78, 5) is 20.1. The van der Waals surface area contributed by atoms with E-state index < -0.39 is 11.8 Å². The zero-order chi connectivity index (χ0) is 27.8. The topological polar surface area (TPSA) is 51.6 Å². The molecule has 0 saturated carbocycles. The molecule has 0 N–H and O–H groups in total. The maximum absolute atomic E-state index is 14.5. The average Bonchev–Trinajstić information content (AvgIpc) is 3.00. The third-order valence-electron chi connectivity index (χ3n) is 7.34. The summed E-state index contributed by atoms with van der Waals surface area (Å²) in [6, 6.07) is 38.5. The van der Waals surface area contributed by atoms with Crippen molar-refractivity contribution >= 4 is 0 Å². The van der Waals surface area contributed by atoms with E-state index in [9.17, 15) is 8.78 Å². The Morgan fingerprint density at radius 2 is 1.05 bits per heavy atom. The summed E-state index contributed by atoms with van der Waals surface area (Å²) in [6.07, 6.45) is 1.76. The van der Waals surface area contributed by atoms with Crippen molar-refractivity contribution in [1.29, 1.82) is 0 Å². The van der Waals surface area contributed by atoms with Crippen molar-refractivity contribution in [1.82, 2.24) is 19.9 Å². The number of nitrogens with zero attached hydrogens (tertiary/aromatic N) is 4.